The van der Waals surface area contributed by atoms with Gasteiger partial charge in [0.05, 0.1) is 26.4 Å². The summed E-state index contributed by atoms with van der Waals surface area (Å²) < 4.78 is 40.7. The van der Waals surface area contributed by atoms with Crippen LogP contribution in [0.5, 0.6) is 23.0 Å². The van der Waals surface area contributed by atoms with Crippen molar-refractivity contribution in [3.8, 4) is 23.0 Å². The summed E-state index contributed by atoms with van der Waals surface area (Å²) in [6, 6.07) is 7.71. The van der Waals surface area contributed by atoms with Gasteiger partial charge < -0.3 is 94.4 Å². The molecule has 54 heavy (non-hydrogen) atoms. The van der Waals surface area contributed by atoms with Gasteiger partial charge in [-0.1, -0.05) is 12.1 Å². The standard InChI is InChI=1S/C34H44O20/c35-11-21-25(44)26(45)28(47)33(50-21)53-30-29(52-23(42)6-3-14-1-4-16(37)18(39)9-14)22(12-36)51-34(48-8-7-15-2-5-17(38)19(40)10-15)31(30)54-32-27(46)24(43)20(41)13-49-32/h1-6,9-10,20-22,24-41,43-47H,7-8,11-13H2/t20-,21-,22-,24-,25-,26+,27+,28-,29-,30+,31-,32-,33+,34-/m1/s1. The van der Waals surface area contributed by atoms with Gasteiger partial charge in [0.15, 0.2) is 48.0 Å². The molecule has 0 spiro atoms. The maximum atomic E-state index is 13.2. The maximum Gasteiger partial charge on any atom is 0.331 e. The number of aliphatic hydroxyl groups excluding tert-OH is 8. The van der Waals surface area contributed by atoms with Crippen LogP contribution in [-0.2, 0) is 44.4 Å². The first-order chi connectivity index (χ1) is 25.7. The molecule has 0 aromatic heterocycles. The highest BCUT2D eigenvalue weighted by Crippen LogP contribution is 2.35. The van der Waals surface area contributed by atoms with E-state index in [0.29, 0.717) is 5.56 Å². The van der Waals surface area contributed by atoms with Crippen molar-refractivity contribution in [2.45, 2.75) is 92.4 Å². The molecule has 2 aromatic carbocycles. The lowest BCUT2D eigenvalue weighted by molar-refractivity contribution is -0.386. The largest absolute Gasteiger partial charge is 0.504 e. The van der Waals surface area contributed by atoms with Gasteiger partial charge in [-0.05, 0) is 47.9 Å². The molecule has 0 amide bonds. The quantitative estimate of drug-likeness (QED) is 0.0532. The number of aliphatic hydroxyl groups is 8. The van der Waals surface area contributed by atoms with Crippen molar-refractivity contribution in [3.05, 3.63) is 53.6 Å². The summed E-state index contributed by atoms with van der Waals surface area (Å²) in [7, 11) is 0. The number of hydrogen-bond donors (Lipinski definition) is 12. The van der Waals surface area contributed by atoms with Gasteiger partial charge in [0.1, 0.15) is 61.0 Å². The van der Waals surface area contributed by atoms with E-state index in [1.54, 1.807) is 0 Å². The van der Waals surface area contributed by atoms with Gasteiger partial charge in [0, 0.05) is 6.08 Å². The zero-order valence-corrected chi connectivity index (χ0v) is 28.4. The number of aromatic hydroxyl groups is 4. The van der Waals surface area contributed by atoms with Gasteiger partial charge in [0.2, 0.25) is 0 Å². The van der Waals surface area contributed by atoms with Gasteiger partial charge >= 0.3 is 5.97 Å². The zero-order chi connectivity index (χ0) is 39.3. The van der Waals surface area contributed by atoms with Crippen LogP contribution in [0.4, 0.5) is 0 Å². The Labute approximate surface area is 306 Å². The molecule has 0 saturated carbocycles. The molecule has 3 aliphatic rings. The smallest absolute Gasteiger partial charge is 0.331 e. The molecule has 3 heterocycles. The average molecular weight is 773 g/mol. The monoisotopic (exact) mass is 772 g/mol. The lowest BCUT2D eigenvalue weighted by atomic mass is 9.96. The fourth-order valence-corrected chi connectivity index (χ4v) is 5.99. The third-order valence-electron chi connectivity index (χ3n) is 9.03. The number of rotatable bonds is 13. The summed E-state index contributed by atoms with van der Waals surface area (Å²) in [6.07, 6.45) is -22.0. The van der Waals surface area contributed by atoms with Crippen LogP contribution in [0.25, 0.3) is 6.08 Å². The Kier molecular flexibility index (Phi) is 14.0. The van der Waals surface area contributed by atoms with E-state index in [2.05, 4.69) is 0 Å². The van der Waals surface area contributed by atoms with E-state index >= 15 is 0 Å². The van der Waals surface area contributed by atoms with Gasteiger partial charge in [-0.2, -0.15) is 0 Å². The van der Waals surface area contributed by atoms with Gasteiger partial charge in [0.25, 0.3) is 0 Å². The highest BCUT2D eigenvalue weighted by Gasteiger charge is 2.55. The summed E-state index contributed by atoms with van der Waals surface area (Å²) in [4.78, 5) is 13.2. The highest BCUT2D eigenvalue weighted by molar-refractivity contribution is 5.87. The van der Waals surface area contributed by atoms with Crippen molar-refractivity contribution >= 4 is 12.0 Å². The minimum absolute atomic E-state index is 0.0892. The summed E-state index contributed by atoms with van der Waals surface area (Å²) >= 11 is 0. The fourth-order valence-electron chi connectivity index (χ4n) is 5.99. The lowest BCUT2D eigenvalue weighted by Crippen LogP contribution is -2.67. The third kappa shape index (κ3) is 9.56. The number of phenols is 4. The van der Waals surface area contributed by atoms with Crippen LogP contribution in [0.1, 0.15) is 11.1 Å². The summed E-state index contributed by atoms with van der Waals surface area (Å²) in [5.74, 6) is -2.74. The number of hydrogen-bond acceptors (Lipinski definition) is 20. The number of benzene rings is 2. The highest BCUT2D eigenvalue weighted by atomic mass is 16.8. The van der Waals surface area contributed by atoms with Crippen molar-refractivity contribution in [2.24, 2.45) is 0 Å². The average Bonchev–Trinajstić information content (AvgIpc) is 3.15. The Bertz CT molecular complexity index is 1570. The number of esters is 1. The Balaban J connectivity index is 1.49. The summed E-state index contributed by atoms with van der Waals surface area (Å²) in [5.41, 5.74) is 0.755. The molecule has 300 valence electrons. The SMILES string of the molecule is O=C(C=Cc1ccc(O)c(O)c1)O[C@H]1[C@H](O[C@@H]2O[C@H](CO)[C@@H](O)[C@H](O)[C@H]2O)[C@@H](O[C@H]2OC[C@@H](O)[C@@H](O)[C@@H]2O)[C@H](OCCc2ccc(O)c(O)c2)O[C@@H]1CO. The van der Waals surface area contributed by atoms with E-state index in [9.17, 15) is 66.1 Å². The first-order valence-corrected chi connectivity index (χ1v) is 16.8. The fraction of sp³-hybridized carbons (Fsp3) is 0.559. The van der Waals surface area contributed by atoms with E-state index in [-0.39, 0.29) is 24.3 Å². The number of ether oxygens (including phenoxy) is 7. The molecule has 0 aliphatic carbocycles. The van der Waals surface area contributed by atoms with Crippen LogP contribution in [0.3, 0.4) is 0 Å². The van der Waals surface area contributed by atoms with Crippen molar-refractivity contribution in [3.63, 3.8) is 0 Å². The third-order valence-corrected chi connectivity index (χ3v) is 9.03. The van der Waals surface area contributed by atoms with Crippen LogP contribution in [0, 0.1) is 0 Å². The van der Waals surface area contributed by atoms with E-state index in [0.717, 1.165) is 12.1 Å². The molecule has 5 rings (SSSR count). The minimum Gasteiger partial charge on any atom is -0.504 e. The van der Waals surface area contributed by atoms with Gasteiger partial charge in [-0.25, -0.2) is 4.79 Å². The predicted molar refractivity (Wildman–Crippen MR) is 175 cm³/mol. The molecule has 20 nitrogen and oxygen atoms in total. The first kappa shape index (κ1) is 41.5. The normalized spacial score (nSPS) is 35.9. The van der Waals surface area contributed by atoms with Crippen LogP contribution in [0.2, 0.25) is 0 Å². The molecule has 3 fully saturated rings. The van der Waals surface area contributed by atoms with Crippen LogP contribution in [0.15, 0.2) is 42.5 Å². The molecule has 3 aliphatic heterocycles. The van der Waals surface area contributed by atoms with Crippen molar-refractivity contribution in [1.29, 1.82) is 0 Å². The van der Waals surface area contributed by atoms with Crippen LogP contribution >= 0.6 is 0 Å². The molecule has 12 N–H and O–H groups in total. The molecule has 0 bridgehead atoms. The second-order valence-electron chi connectivity index (χ2n) is 12.8. The lowest BCUT2D eigenvalue weighted by Gasteiger charge is -2.49. The Morgan fingerprint density at radius 1 is 0.685 bits per heavy atom. The first-order valence-electron chi connectivity index (χ1n) is 16.8. The second-order valence-corrected chi connectivity index (χ2v) is 12.8. The topological polar surface area (TPSA) is 324 Å². The molecule has 0 radical (unpaired) electrons. The Morgan fingerprint density at radius 3 is 1.98 bits per heavy atom. The molecule has 0 unspecified atom stereocenters. The second kappa shape index (κ2) is 18.3. The van der Waals surface area contributed by atoms with Crippen molar-refractivity contribution < 1.29 is 99.2 Å². The number of carbonyl (C=O) groups is 1. The predicted octanol–water partition coefficient (Wildman–Crippen LogP) is -3.58. The Morgan fingerprint density at radius 2 is 1.31 bits per heavy atom. The molecule has 3 saturated heterocycles. The molecular formula is C34H44O20. The summed E-state index contributed by atoms with van der Waals surface area (Å²) in [5, 5.41) is 122. The zero-order valence-electron chi connectivity index (χ0n) is 28.4. The molecule has 2 aromatic rings. The molecule has 14 atom stereocenters. The van der Waals surface area contributed by atoms with Gasteiger partial charge in [-0.3, -0.25) is 0 Å². The van der Waals surface area contributed by atoms with Crippen molar-refractivity contribution in [1.82, 2.24) is 0 Å². The number of carbonyl (C=O) groups excluding carboxylic acids is 1. The molecular weight excluding hydrogens is 728 g/mol. The van der Waals surface area contributed by atoms with Crippen LogP contribution < -0.4 is 0 Å². The summed E-state index contributed by atoms with van der Waals surface area (Å²) in [6.45, 7) is -2.43. The molecule has 20 heteroatoms. The van der Waals surface area contributed by atoms with E-state index in [1.165, 1.54) is 36.4 Å². The maximum absolute atomic E-state index is 13.2. The van der Waals surface area contributed by atoms with Gasteiger partial charge in [-0.15, -0.1) is 0 Å². The van der Waals surface area contributed by atoms with E-state index in [4.69, 9.17) is 33.2 Å². The Hall–Kier alpha value is -3.71. The van der Waals surface area contributed by atoms with Crippen molar-refractivity contribution in [2.75, 3.05) is 26.4 Å². The minimum atomic E-state index is -1.99. The number of phenolic OH excluding ortho intramolecular Hbond substituents is 4. The van der Waals surface area contributed by atoms with E-state index < -0.39 is 129 Å². The van der Waals surface area contributed by atoms with E-state index in [1.807, 2.05) is 0 Å². The van der Waals surface area contributed by atoms with Crippen LogP contribution in [-0.4, -0.2) is 180 Å².